The second-order valence-corrected chi connectivity index (χ2v) is 6.45. The van der Waals surface area contributed by atoms with Crippen molar-refractivity contribution in [3.63, 3.8) is 0 Å². The van der Waals surface area contributed by atoms with Crippen LogP contribution in [0.15, 0.2) is 18.2 Å². The van der Waals surface area contributed by atoms with Crippen molar-refractivity contribution in [1.29, 1.82) is 0 Å². The van der Waals surface area contributed by atoms with Crippen LogP contribution in [0, 0.1) is 12.7 Å². The molecule has 0 amide bonds. The van der Waals surface area contributed by atoms with Crippen LogP contribution in [0.25, 0.3) is 11.3 Å². The Bertz CT molecular complexity index is 572. The zero-order valence-electron chi connectivity index (χ0n) is 11.6. The average Bonchev–Trinajstić information content (AvgIpc) is 2.77. The lowest BCUT2D eigenvalue weighted by atomic mass is 10.1. The van der Waals surface area contributed by atoms with Crippen LogP contribution >= 0.6 is 11.5 Å². The minimum Gasteiger partial charge on any atom is -0.307 e. The summed E-state index contributed by atoms with van der Waals surface area (Å²) in [4.78, 5) is 1.03. The van der Waals surface area contributed by atoms with E-state index in [2.05, 4.69) is 35.7 Å². The molecule has 0 aliphatic rings. The first-order valence-electron chi connectivity index (χ1n) is 6.19. The van der Waals surface area contributed by atoms with Gasteiger partial charge in [-0.3, -0.25) is 0 Å². The van der Waals surface area contributed by atoms with E-state index in [1.54, 1.807) is 13.0 Å². The zero-order valence-corrected chi connectivity index (χ0v) is 12.4. The molecule has 0 unspecified atom stereocenters. The van der Waals surface area contributed by atoms with Crippen LogP contribution in [0.3, 0.4) is 0 Å². The Morgan fingerprint density at radius 1 is 1.32 bits per heavy atom. The highest BCUT2D eigenvalue weighted by Gasteiger charge is 2.15. The fraction of sp³-hybridized carbons (Fsp3) is 0.429. The first kappa shape index (κ1) is 14.1. The molecule has 0 radical (unpaired) electrons. The van der Waals surface area contributed by atoms with Gasteiger partial charge in [0.15, 0.2) is 0 Å². The van der Waals surface area contributed by atoms with E-state index in [1.165, 1.54) is 17.6 Å². The summed E-state index contributed by atoms with van der Waals surface area (Å²) in [6.45, 7) is 8.75. The van der Waals surface area contributed by atoms with E-state index in [1.807, 2.05) is 6.07 Å². The Morgan fingerprint density at radius 2 is 2.05 bits per heavy atom. The van der Waals surface area contributed by atoms with Crippen LogP contribution < -0.4 is 5.32 Å². The number of nitrogens with one attached hydrogen (secondary N) is 1. The highest BCUT2D eigenvalue weighted by atomic mass is 32.1. The van der Waals surface area contributed by atoms with E-state index in [4.69, 9.17) is 0 Å². The second kappa shape index (κ2) is 5.35. The largest absolute Gasteiger partial charge is 0.307 e. The van der Waals surface area contributed by atoms with E-state index in [9.17, 15) is 4.39 Å². The summed E-state index contributed by atoms with van der Waals surface area (Å²) in [6.07, 6.45) is 0. The van der Waals surface area contributed by atoms with E-state index in [-0.39, 0.29) is 11.4 Å². The number of rotatable bonds is 3. The van der Waals surface area contributed by atoms with Crippen molar-refractivity contribution in [2.45, 2.75) is 39.8 Å². The van der Waals surface area contributed by atoms with Crippen LogP contribution in [0.1, 0.15) is 31.2 Å². The summed E-state index contributed by atoms with van der Waals surface area (Å²) in [5, 5.41) is 7.52. The van der Waals surface area contributed by atoms with Gasteiger partial charge < -0.3 is 5.32 Å². The highest BCUT2D eigenvalue weighted by molar-refractivity contribution is 7.05. The Hall–Kier alpha value is -1.33. The van der Waals surface area contributed by atoms with Crippen LogP contribution in [0.4, 0.5) is 4.39 Å². The topological polar surface area (TPSA) is 37.8 Å². The predicted octanol–water partition coefficient (Wildman–Crippen LogP) is 3.54. The number of hydrogen-bond acceptors (Lipinski definition) is 4. The first-order chi connectivity index (χ1) is 8.87. The maximum Gasteiger partial charge on any atom is 0.126 e. The van der Waals surface area contributed by atoms with Gasteiger partial charge in [0, 0.05) is 17.6 Å². The standard InChI is InChI=1S/C14H18FN3S/c1-9-5-6-10(7-11(9)15)13-12(19-18-17-13)8-16-14(2,3)4/h5-7,16H,8H2,1-4H3. The molecule has 2 aromatic rings. The van der Waals surface area contributed by atoms with E-state index >= 15 is 0 Å². The maximum absolute atomic E-state index is 13.6. The zero-order chi connectivity index (χ0) is 14.0. The lowest BCUT2D eigenvalue weighted by Crippen LogP contribution is -2.34. The number of hydrogen-bond donors (Lipinski definition) is 1. The molecule has 0 fully saturated rings. The summed E-state index contributed by atoms with van der Waals surface area (Å²) in [5.74, 6) is -0.208. The lowest BCUT2D eigenvalue weighted by Gasteiger charge is -2.19. The van der Waals surface area contributed by atoms with E-state index < -0.39 is 0 Å². The highest BCUT2D eigenvalue weighted by Crippen LogP contribution is 2.25. The second-order valence-electron chi connectivity index (χ2n) is 5.61. The molecule has 1 aromatic carbocycles. The summed E-state index contributed by atoms with van der Waals surface area (Å²) in [6, 6.07) is 5.17. The molecule has 0 bridgehead atoms. The van der Waals surface area contributed by atoms with Crippen molar-refractivity contribution < 1.29 is 4.39 Å². The minimum absolute atomic E-state index is 0.0276. The molecule has 19 heavy (non-hydrogen) atoms. The van der Waals surface area contributed by atoms with Gasteiger partial charge in [-0.25, -0.2) is 4.39 Å². The molecule has 102 valence electrons. The smallest absolute Gasteiger partial charge is 0.126 e. The van der Waals surface area contributed by atoms with Crippen LogP contribution in [0.2, 0.25) is 0 Å². The summed E-state index contributed by atoms with van der Waals surface area (Å²) in [5.41, 5.74) is 2.21. The molecule has 1 N–H and O–H groups in total. The summed E-state index contributed by atoms with van der Waals surface area (Å²) < 4.78 is 17.6. The van der Waals surface area contributed by atoms with Gasteiger partial charge in [0.2, 0.25) is 0 Å². The summed E-state index contributed by atoms with van der Waals surface area (Å²) >= 11 is 1.35. The Balaban J connectivity index is 2.26. The predicted molar refractivity (Wildman–Crippen MR) is 76.6 cm³/mol. The lowest BCUT2D eigenvalue weighted by molar-refractivity contribution is 0.426. The minimum atomic E-state index is -0.208. The molecular formula is C14H18FN3S. The quantitative estimate of drug-likeness (QED) is 0.934. The van der Waals surface area contributed by atoms with Crippen LogP contribution in [-0.2, 0) is 6.54 Å². The molecule has 0 aliphatic carbocycles. The first-order valence-corrected chi connectivity index (χ1v) is 6.97. The molecule has 5 heteroatoms. The van der Waals surface area contributed by atoms with Crippen molar-refractivity contribution in [3.8, 4) is 11.3 Å². The van der Waals surface area contributed by atoms with Crippen molar-refractivity contribution in [2.24, 2.45) is 0 Å². The Morgan fingerprint density at radius 3 is 2.68 bits per heavy atom. The number of aryl methyl sites for hydroxylation is 1. The SMILES string of the molecule is Cc1ccc(-c2nnsc2CNC(C)(C)C)cc1F. The van der Waals surface area contributed by atoms with E-state index in [0.29, 0.717) is 12.1 Å². The van der Waals surface area contributed by atoms with E-state index in [0.717, 1.165) is 16.1 Å². The number of aromatic nitrogens is 2. The fourth-order valence-corrected chi connectivity index (χ4v) is 2.23. The van der Waals surface area contributed by atoms with Gasteiger partial charge >= 0.3 is 0 Å². The molecule has 1 heterocycles. The number of halogens is 1. The van der Waals surface area contributed by atoms with Gasteiger partial charge in [0.05, 0.1) is 4.88 Å². The Labute approximate surface area is 117 Å². The fourth-order valence-electron chi connectivity index (χ4n) is 1.63. The third kappa shape index (κ3) is 3.58. The normalized spacial score (nSPS) is 11.8. The van der Waals surface area contributed by atoms with Crippen LogP contribution in [-0.4, -0.2) is 15.1 Å². The third-order valence-corrected chi connectivity index (χ3v) is 3.50. The molecule has 0 spiro atoms. The average molecular weight is 279 g/mol. The van der Waals surface area contributed by atoms with Gasteiger partial charge in [-0.15, -0.1) is 5.10 Å². The monoisotopic (exact) mass is 279 g/mol. The molecule has 0 aliphatic heterocycles. The van der Waals surface area contributed by atoms with Gasteiger partial charge in [-0.1, -0.05) is 16.6 Å². The molecule has 3 nitrogen and oxygen atoms in total. The molecule has 0 saturated heterocycles. The van der Waals surface area contributed by atoms with Crippen molar-refractivity contribution in [2.75, 3.05) is 0 Å². The molecule has 1 aromatic heterocycles. The maximum atomic E-state index is 13.6. The van der Waals surface area contributed by atoms with Crippen LogP contribution in [0.5, 0.6) is 0 Å². The van der Waals surface area contributed by atoms with Gasteiger partial charge in [-0.2, -0.15) is 0 Å². The molecule has 0 saturated carbocycles. The summed E-state index contributed by atoms with van der Waals surface area (Å²) in [7, 11) is 0. The third-order valence-electron chi connectivity index (χ3n) is 2.78. The van der Waals surface area contributed by atoms with Crippen molar-refractivity contribution >= 4 is 11.5 Å². The Kier molecular flexibility index (Phi) is 3.96. The van der Waals surface area contributed by atoms with Gasteiger partial charge in [0.25, 0.3) is 0 Å². The van der Waals surface area contributed by atoms with Gasteiger partial charge in [0.1, 0.15) is 11.5 Å². The number of benzene rings is 1. The molecular weight excluding hydrogens is 261 g/mol. The molecule has 2 rings (SSSR count). The molecule has 0 atom stereocenters. The number of nitrogens with zero attached hydrogens (tertiary/aromatic N) is 2. The van der Waals surface area contributed by atoms with Crippen molar-refractivity contribution in [3.05, 3.63) is 34.5 Å². The van der Waals surface area contributed by atoms with Crippen molar-refractivity contribution in [1.82, 2.24) is 14.9 Å². The van der Waals surface area contributed by atoms with Gasteiger partial charge in [-0.05, 0) is 50.9 Å².